The monoisotopic (exact) mass is 302 g/mol. The molecule has 1 aliphatic heterocycles. The summed E-state index contributed by atoms with van der Waals surface area (Å²) < 4.78 is 0. The summed E-state index contributed by atoms with van der Waals surface area (Å²) >= 11 is 0. The molecule has 4 heteroatoms. The van der Waals surface area contributed by atoms with E-state index in [1.165, 1.54) is 25.7 Å². The first-order valence-electron chi connectivity index (χ1n) is 8.41. The van der Waals surface area contributed by atoms with Gasteiger partial charge in [-0.3, -0.25) is 10.1 Å². The van der Waals surface area contributed by atoms with E-state index in [1.54, 1.807) is 12.1 Å². The molecular formula is C18H26N2O2. The summed E-state index contributed by atoms with van der Waals surface area (Å²) in [6.07, 6.45) is 7.11. The lowest BCUT2D eigenvalue weighted by Crippen LogP contribution is -2.58. The van der Waals surface area contributed by atoms with Gasteiger partial charge in [0.05, 0.1) is 5.54 Å². The molecule has 0 aromatic heterocycles. The number of aromatic hydroxyl groups is 1. The molecule has 4 nitrogen and oxygen atoms in total. The average Bonchev–Trinajstić information content (AvgIpc) is 3.01. The van der Waals surface area contributed by atoms with E-state index in [1.807, 2.05) is 13.0 Å². The highest BCUT2D eigenvalue weighted by Crippen LogP contribution is 2.28. The fraction of sp³-hybridized carbons (Fsp3) is 0.611. The number of carbonyl (C=O) groups is 1. The van der Waals surface area contributed by atoms with Gasteiger partial charge in [-0.15, -0.1) is 0 Å². The number of hydrogen-bond donors (Lipinski definition) is 3. The maximum absolute atomic E-state index is 12.5. The molecule has 1 heterocycles. The normalized spacial score (nSPS) is 25.0. The highest BCUT2D eigenvalue weighted by Gasteiger charge is 2.36. The summed E-state index contributed by atoms with van der Waals surface area (Å²) in [5.41, 5.74) is 1.67. The first-order chi connectivity index (χ1) is 10.6. The van der Waals surface area contributed by atoms with Crippen LogP contribution in [0.25, 0.3) is 0 Å². The molecular weight excluding hydrogens is 276 g/mol. The van der Waals surface area contributed by atoms with Crippen LogP contribution in [0.5, 0.6) is 5.75 Å². The van der Waals surface area contributed by atoms with Gasteiger partial charge in [0.15, 0.2) is 0 Å². The van der Waals surface area contributed by atoms with Crippen molar-refractivity contribution in [2.45, 2.75) is 57.5 Å². The Hall–Kier alpha value is -1.55. The van der Waals surface area contributed by atoms with Crippen molar-refractivity contribution in [3.8, 4) is 5.75 Å². The van der Waals surface area contributed by atoms with Crippen molar-refractivity contribution in [1.82, 2.24) is 10.6 Å². The van der Waals surface area contributed by atoms with Crippen molar-refractivity contribution in [3.05, 3.63) is 29.3 Å². The van der Waals surface area contributed by atoms with E-state index in [2.05, 4.69) is 10.6 Å². The Balaban J connectivity index is 1.56. The van der Waals surface area contributed by atoms with Gasteiger partial charge in [0.1, 0.15) is 5.75 Å². The SMILES string of the molecule is CC1(C(=O)NCCC2CCCC2)Cc2ccc(O)cc2CN1. The Bertz CT molecular complexity index is 552. The fourth-order valence-corrected chi connectivity index (χ4v) is 3.73. The minimum atomic E-state index is -0.556. The van der Waals surface area contributed by atoms with Gasteiger partial charge in [0, 0.05) is 13.1 Å². The van der Waals surface area contributed by atoms with Crippen LogP contribution in [0.2, 0.25) is 0 Å². The van der Waals surface area contributed by atoms with E-state index in [4.69, 9.17) is 0 Å². The second-order valence-corrected chi connectivity index (χ2v) is 7.01. The smallest absolute Gasteiger partial charge is 0.240 e. The summed E-state index contributed by atoms with van der Waals surface area (Å²) in [6.45, 7) is 3.37. The maximum atomic E-state index is 12.5. The lowest BCUT2D eigenvalue weighted by atomic mass is 9.85. The van der Waals surface area contributed by atoms with Gasteiger partial charge in [0.2, 0.25) is 5.91 Å². The average molecular weight is 302 g/mol. The number of amides is 1. The third kappa shape index (κ3) is 3.27. The molecule has 120 valence electrons. The van der Waals surface area contributed by atoms with Crippen molar-refractivity contribution in [3.63, 3.8) is 0 Å². The second-order valence-electron chi connectivity index (χ2n) is 7.01. The molecule has 1 amide bonds. The standard InChI is InChI=1S/C18H26N2O2/c1-18(17(22)19-9-8-13-4-2-3-5-13)11-14-6-7-16(21)10-15(14)12-20-18/h6-7,10,13,20-21H,2-5,8-9,11-12H2,1H3,(H,19,22). The van der Waals surface area contributed by atoms with Crippen LogP contribution in [0.4, 0.5) is 0 Å². The Morgan fingerprint density at radius 2 is 2.14 bits per heavy atom. The van der Waals surface area contributed by atoms with E-state index < -0.39 is 5.54 Å². The fourth-order valence-electron chi connectivity index (χ4n) is 3.73. The first-order valence-corrected chi connectivity index (χ1v) is 8.41. The number of benzene rings is 1. The van der Waals surface area contributed by atoms with Crippen molar-refractivity contribution >= 4 is 5.91 Å². The molecule has 1 aliphatic carbocycles. The van der Waals surface area contributed by atoms with E-state index in [0.717, 1.165) is 30.0 Å². The highest BCUT2D eigenvalue weighted by molar-refractivity contribution is 5.86. The van der Waals surface area contributed by atoms with E-state index in [9.17, 15) is 9.90 Å². The lowest BCUT2D eigenvalue weighted by molar-refractivity contribution is -0.127. The lowest BCUT2D eigenvalue weighted by Gasteiger charge is -2.35. The van der Waals surface area contributed by atoms with Gasteiger partial charge in [-0.1, -0.05) is 31.7 Å². The Labute approximate surface area is 132 Å². The summed E-state index contributed by atoms with van der Waals surface area (Å²) in [5.74, 6) is 1.17. The van der Waals surface area contributed by atoms with E-state index in [-0.39, 0.29) is 11.7 Å². The van der Waals surface area contributed by atoms with Crippen LogP contribution in [0.1, 0.15) is 50.2 Å². The number of hydrogen-bond acceptors (Lipinski definition) is 3. The van der Waals surface area contributed by atoms with Crippen molar-refractivity contribution in [2.75, 3.05) is 6.54 Å². The van der Waals surface area contributed by atoms with Gasteiger partial charge in [-0.05, 0) is 48.9 Å². The van der Waals surface area contributed by atoms with Gasteiger partial charge < -0.3 is 10.4 Å². The van der Waals surface area contributed by atoms with Crippen molar-refractivity contribution < 1.29 is 9.90 Å². The largest absolute Gasteiger partial charge is 0.508 e. The van der Waals surface area contributed by atoms with Crippen LogP contribution in [-0.4, -0.2) is 23.1 Å². The quantitative estimate of drug-likeness (QED) is 0.801. The molecule has 3 N–H and O–H groups in total. The molecule has 1 atom stereocenters. The molecule has 1 saturated carbocycles. The van der Waals surface area contributed by atoms with Crippen LogP contribution in [0.15, 0.2) is 18.2 Å². The van der Waals surface area contributed by atoms with Crippen molar-refractivity contribution in [2.24, 2.45) is 5.92 Å². The number of fused-ring (bicyclic) bond motifs is 1. The molecule has 2 aliphatic rings. The third-order valence-corrected chi connectivity index (χ3v) is 5.22. The Morgan fingerprint density at radius 3 is 2.91 bits per heavy atom. The molecule has 22 heavy (non-hydrogen) atoms. The zero-order chi connectivity index (χ0) is 15.6. The predicted molar refractivity (Wildman–Crippen MR) is 86.6 cm³/mol. The van der Waals surface area contributed by atoms with Gasteiger partial charge >= 0.3 is 0 Å². The van der Waals surface area contributed by atoms with E-state index in [0.29, 0.717) is 13.0 Å². The first kappa shape index (κ1) is 15.3. The molecule has 3 rings (SSSR count). The van der Waals surface area contributed by atoms with Crippen LogP contribution in [-0.2, 0) is 17.8 Å². The molecule has 0 spiro atoms. The Morgan fingerprint density at radius 1 is 1.36 bits per heavy atom. The molecule has 1 aromatic carbocycles. The summed E-state index contributed by atoms with van der Waals surface area (Å²) in [6, 6.07) is 5.40. The van der Waals surface area contributed by atoms with Crippen molar-refractivity contribution in [1.29, 1.82) is 0 Å². The van der Waals surface area contributed by atoms with Gasteiger partial charge in [0.25, 0.3) is 0 Å². The molecule has 1 fully saturated rings. The summed E-state index contributed by atoms with van der Waals surface area (Å²) in [7, 11) is 0. The molecule has 0 bridgehead atoms. The number of phenolic OH excluding ortho intramolecular Hbond substituents is 1. The van der Waals surface area contributed by atoms with Crippen LogP contribution in [0, 0.1) is 5.92 Å². The maximum Gasteiger partial charge on any atom is 0.240 e. The van der Waals surface area contributed by atoms with Crippen LogP contribution in [0.3, 0.4) is 0 Å². The molecule has 1 unspecified atom stereocenters. The molecule has 0 saturated heterocycles. The minimum Gasteiger partial charge on any atom is -0.508 e. The van der Waals surface area contributed by atoms with E-state index >= 15 is 0 Å². The minimum absolute atomic E-state index is 0.0872. The summed E-state index contributed by atoms with van der Waals surface area (Å²) in [5, 5.41) is 16.0. The number of nitrogens with one attached hydrogen (secondary N) is 2. The van der Waals surface area contributed by atoms with Crippen LogP contribution < -0.4 is 10.6 Å². The van der Waals surface area contributed by atoms with Gasteiger partial charge in [-0.25, -0.2) is 0 Å². The Kier molecular flexibility index (Phi) is 4.39. The number of carbonyl (C=O) groups excluding carboxylic acids is 1. The molecule has 0 radical (unpaired) electrons. The second kappa shape index (κ2) is 6.29. The van der Waals surface area contributed by atoms with Gasteiger partial charge in [-0.2, -0.15) is 0 Å². The topological polar surface area (TPSA) is 61.4 Å². The third-order valence-electron chi connectivity index (χ3n) is 5.22. The number of phenols is 1. The highest BCUT2D eigenvalue weighted by atomic mass is 16.3. The number of rotatable bonds is 4. The zero-order valence-corrected chi connectivity index (χ0v) is 13.3. The predicted octanol–water partition coefficient (Wildman–Crippen LogP) is 2.49. The molecule has 1 aromatic rings. The zero-order valence-electron chi connectivity index (χ0n) is 13.3. The van der Waals surface area contributed by atoms with Crippen LogP contribution >= 0.6 is 0 Å². The summed E-state index contributed by atoms with van der Waals surface area (Å²) in [4.78, 5) is 12.5.